The Morgan fingerprint density at radius 2 is 2.22 bits per heavy atom. The van der Waals surface area contributed by atoms with Gasteiger partial charge in [-0.2, -0.15) is 0 Å². The van der Waals surface area contributed by atoms with Crippen LogP contribution in [0.5, 0.6) is 5.75 Å². The van der Waals surface area contributed by atoms with Gasteiger partial charge in [0.2, 0.25) is 11.8 Å². The average Bonchev–Trinajstić information content (AvgIpc) is 2.52. The molecule has 0 saturated carbocycles. The fraction of sp³-hybridized carbons (Fsp3) is 0.375. The Morgan fingerprint density at radius 1 is 1.43 bits per heavy atom. The van der Waals surface area contributed by atoms with Crippen LogP contribution in [-0.4, -0.2) is 40.8 Å². The number of nitrogens with zero attached hydrogens (tertiary/aromatic N) is 2. The number of hydrogen-bond donors (Lipinski definition) is 1. The summed E-state index contributed by atoms with van der Waals surface area (Å²) in [5, 5.41) is 2.46. The summed E-state index contributed by atoms with van der Waals surface area (Å²) in [6, 6.07) is 3.42. The molecule has 23 heavy (non-hydrogen) atoms. The van der Waals surface area contributed by atoms with Crippen LogP contribution in [0.2, 0.25) is 0 Å². The van der Waals surface area contributed by atoms with E-state index in [0.717, 1.165) is 17.7 Å². The van der Waals surface area contributed by atoms with E-state index < -0.39 is 17.7 Å². The van der Waals surface area contributed by atoms with Gasteiger partial charge in [-0.15, -0.1) is 0 Å². The van der Waals surface area contributed by atoms with Crippen LogP contribution in [0.3, 0.4) is 0 Å². The molecule has 0 spiro atoms. The van der Waals surface area contributed by atoms with Gasteiger partial charge in [0.15, 0.2) is 0 Å². The Labute approximate surface area is 134 Å². The number of nitrogens with one attached hydrogen (secondary N) is 1. The maximum atomic E-state index is 12.1. The lowest BCUT2D eigenvalue weighted by Crippen LogP contribution is -2.51. The predicted molar refractivity (Wildman–Crippen MR) is 83.2 cm³/mol. The summed E-state index contributed by atoms with van der Waals surface area (Å²) in [4.78, 5) is 40.2. The molecular formula is C16H19N3O4. The number of rotatable bonds is 5. The number of hydrogen-bond acceptors (Lipinski definition) is 5. The maximum absolute atomic E-state index is 12.1. The molecule has 2 heterocycles. The SMILES string of the molecule is CCCCOc1ccc(/C=C2\NC(=O)CN(C(C)=O)C2=O)nc1. The van der Waals surface area contributed by atoms with Crippen molar-refractivity contribution in [2.75, 3.05) is 13.2 Å². The van der Waals surface area contributed by atoms with E-state index in [1.54, 1.807) is 18.3 Å². The number of unbranched alkanes of at least 4 members (excludes halogenated alkanes) is 1. The molecule has 0 unspecified atom stereocenters. The molecule has 1 aliphatic heterocycles. The van der Waals surface area contributed by atoms with Crippen molar-refractivity contribution in [2.45, 2.75) is 26.7 Å². The molecule has 1 saturated heterocycles. The van der Waals surface area contributed by atoms with Crippen LogP contribution in [0.25, 0.3) is 6.08 Å². The van der Waals surface area contributed by atoms with Gasteiger partial charge < -0.3 is 10.1 Å². The van der Waals surface area contributed by atoms with Gasteiger partial charge in [-0.25, -0.2) is 0 Å². The minimum Gasteiger partial charge on any atom is -0.492 e. The highest BCUT2D eigenvalue weighted by Gasteiger charge is 2.30. The molecule has 7 heteroatoms. The Kier molecular flexibility index (Phi) is 5.46. The fourth-order valence-electron chi connectivity index (χ4n) is 2.00. The van der Waals surface area contributed by atoms with Crippen molar-refractivity contribution in [1.29, 1.82) is 0 Å². The first-order valence-electron chi connectivity index (χ1n) is 7.44. The van der Waals surface area contributed by atoms with Gasteiger partial charge in [0.25, 0.3) is 5.91 Å². The molecule has 0 radical (unpaired) electrons. The number of amides is 3. The highest BCUT2D eigenvalue weighted by atomic mass is 16.5. The first kappa shape index (κ1) is 16.7. The fourth-order valence-corrected chi connectivity index (χ4v) is 2.00. The lowest BCUT2D eigenvalue weighted by atomic mass is 10.2. The number of carbonyl (C=O) groups excluding carboxylic acids is 3. The minimum absolute atomic E-state index is 0.0311. The van der Waals surface area contributed by atoms with Gasteiger partial charge in [-0.3, -0.25) is 24.3 Å². The molecule has 0 atom stereocenters. The average molecular weight is 317 g/mol. The molecule has 0 aromatic carbocycles. The molecule has 2 rings (SSSR count). The molecule has 1 aromatic rings. The van der Waals surface area contributed by atoms with Crippen molar-refractivity contribution < 1.29 is 19.1 Å². The van der Waals surface area contributed by atoms with E-state index in [0.29, 0.717) is 18.1 Å². The molecular weight excluding hydrogens is 298 g/mol. The number of pyridine rings is 1. The largest absolute Gasteiger partial charge is 0.492 e. The molecule has 1 fully saturated rings. The Balaban J connectivity index is 2.12. The number of imide groups is 1. The zero-order valence-corrected chi connectivity index (χ0v) is 13.2. The summed E-state index contributed by atoms with van der Waals surface area (Å²) in [5.41, 5.74) is 0.519. The zero-order chi connectivity index (χ0) is 16.8. The lowest BCUT2D eigenvalue weighted by molar-refractivity contribution is -0.147. The van der Waals surface area contributed by atoms with Crippen LogP contribution in [0.4, 0.5) is 0 Å². The Hall–Kier alpha value is -2.70. The van der Waals surface area contributed by atoms with Crippen molar-refractivity contribution in [3.05, 3.63) is 29.7 Å². The molecule has 122 valence electrons. The van der Waals surface area contributed by atoms with Gasteiger partial charge in [0, 0.05) is 6.92 Å². The van der Waals surface area contributed by atoms with Crippen molar-refractivity contribution in [3.63, 3.8) is 0 Å². The topological polar surface area (TPSA) is 88.6 Å². The third-order valence-corrected chi connectivity index (χ3v) is 3.25. The molecule has 1 aliphatic rings. The second-order valence-electron chi connectivity index (χ2n) is 5.14. The smallest absolute Gasteiger partial charge is 0.277 e. The Morgan fingerprint density at radius 3 is 2.83 bits per heavy atom. The summed E-state index contributed by atoms with van der Waals surface area (Å²) < 4.78 is 5.51. The zero-order valence-electron chi connectivity index (χ0n) is 13.2. The number of ether oxygens (including phenoxy) is 1. The van der Waals surface area contributed by atoms with Crippen LogP contribution >= 0.6 is 0 Å². The minimum atomic E-state index is -0.540. The second-order valence-corrected chi connectivity index (χ2v) is 5.14. The summed E-state index contributed by atoms with van der Waals surface area (Å²) >= 11 is 0. The third-order valence-electron chi connectivity index (χ3n) is 3.25. The Bertz CT molecular complexity index is 637. The molecule has 1 aromatic heterocycles. The van der Waals surface area contributed by atoms with Crippen LogP contribution in [-0.2, 0) is 14.4 Å². The van der Waals surface area contributed by atoms with Gasteiger partial charge in [0.1, 0.15) is 18.0 Å². The first-order valence-corrected chi connectivity index (χ1v) is 7.44. The molecule has 0 aliphatic carbocycles. The van der Waals surface area contributed by atoms with Crippen LogP contribution in [0, 0.1) is 0 Å². The molecule has 7 nitrogen and oxygen atoms in total. The van der Waals surface area contributed by atoms with E-state index in [1.807, 2.05) is 0 Å². The number of carbonyl (C=O) groups is 3. The van der Waals surface area contributed by atoms with Crippen molar-refractivity contribution in [1.82, 2.24) is 15.2 Å². The van der Waals surface area contributed by atoms with E-state index in [4.69, 9.17) is 4.74 Å². The van der Waals surface area contributed by atoms with Gasteiger partial charge in [-0.05, 0) is 24.6 Å². The van der Waals surface area contributed by atoms with Crippen molar-refractivity contribution >= 4 is 23.8 Å². The summed E-state index contributed by atoms with van der Waals surface area (Å²) in [6.45, 7) is 3.69. The monoisotopic (exact) mass is 317 g/mol. The predicted octanol–water partition coefficient (Wildman–Crippen LogP) is 1.11. The summed E-state index contributed by atoms with van der Waals surface area (Å²) in [7, 11) is 0. The highest BCUT2D eigenvalue weighted by molar-refractivity contribution is 6.12. The van der Waals surface area contributed by atoms with E-state index >= 15 is 0 Å². The molecule has 1 N–H and O–H groups in total. The molecule has 0 bridgehead atoms. The van der Waals surface area contributed by atoms with Crippen LogP contribution in [0.1, 0.15) is 32.4 Å². The van der Waals surface area contributed by atoms with E-state index in [-0.39, 0.29) is 12.2 Å². The normalized spacial score (nSPS) is 16.4. The van der Waals surface area contributed by atoms with E-state index in [9.17, 15) is 14.4 Å². The van der Waals surface area contributed by atoms with Crippen LogP contribution in [0.15, 0.2) is 24.0 Å². The molecule has 3 amide bonds. The lowest BCUT2D eigenvalue weighted by Gasteiger charge is -2.25. The van der Waals surface area contributed by atoms with E-state index in [2.05, 4.69) is 17.2 Å². The highest BCUT2D eigenvalue weighted by Crippen LogP contribution is 2.14. The standard InChI is InChI=1S/C16H19N3O4/c1-3-4-7-23-13-6-5-12(17-9-13)8-14-16(22)19(11(2)20)10-15(21)18-14/h5-6,8-9H,3-4,7,10H2,1-2H3,(H,18,21)/b14-8-. The summed E-state index contributed by atoms with van der Waals surface area (Å²) in [5.74, 6) is -0.777. The maximum Gasteiger partial charge on any atom is 0.277 e. The number of piperazine rings is 1. The second kappa shape index (κ2) is 7.53. The van der Waals surface area contributed by atoms with Crippen molar-refractivity contribution in [3.8, 4) is 5.75 Å². The third kappa shape index (κ3) is 4.38. The quantitative estimate of drug-likeness (QED) is 0.649. The van der Waals surface area contributed by atoms with Crippen molar-refractivity contribution in [2.24, 2.45) is 0 Å². The van der Waals surface area contributed by atoms with Gasteiger partial charge >= 0.3 is 0 Å². The van der Waals surface area contributed by atoms with Gasteiger partial charge in [0.05, 0.1) is 18.5 Å². The van der Waals surface area contributed by atoms with Gasteiger partial charge in [-0.1, -0.05) is 13.3 Å². The first-order chi connectivity index (χ1) is 11.0. The summed E-state index contributed by atoms with van der Waals surface area (Å²) in [6.07, 6.45) is 5.00. The number of aromatic nitrogens is 1. The van der Waals surface area contributed by atoms with E-state index in [1.165, 1.54) is 13.0 Å². The van der Waals surface area contributed by atoms with Crippen LogP contribution < -0.4 is 10.1 Å².